The molecule has 3 aromatic rings. The summed E-state index contributed by atoms with van der Waals surface area (Å²) in [4.78, 5) is 4.29. The molecule has 25 heavy (non-hydrogen) atoms. The quantitative estimate of drug-likeness (QED) is 0.612. The Hall–Kier alpha value is -1.12. The van der Waals surface area contributed by atoms with Crippen molar-refractivity contribution in [2.24, 2.45) is 0 Å². The Labute approximate surface area is 157 Å². The van der Waals surface area contributed by atoms with Crippen LogP contribution in [0.2, 0.25) is 15.3 Å². The highest BCUT2D eigenvalue weighted by atomic mass is 35.5. The lowest BCUT2D eigenvalue weighted by molar-refractivity contribution is -0.0507. The minimum Gasteiger partial charge on any atom is -0.394 e. The number of aromatic nitrogens is 2. The summed E-state index contributed by atoms with van der Waals surface area (Å²) >= 11 is 18.4. The van der Waals surface area contributed by atoms with Crippen LogP contribution in [0.25, 0.3) is 21.8 Å². The number of fused-ring (bicyclic) bond motifs is 2. The number of nitrogens with zero attached hydrogens (tertiary/aromatic N) is 2. The van der Waals surface area contributed by atoms with E-state index in [-0.39, 0.29) is 5.28 Å². The second kappa shape index (κ2) is 6.25. The van der Waals surface area contributed by atoms with E-state index in [2.05, 4.69) is 4.98 Å². The Morgan fingerprint density at radius 2 is 1.64 bits per heavy atom. The van der Waals surface area contributed by atoms with Gasteiger partial charge in [0.05, 0.1) is 27.7 Å². The van der Waals surface area contributed by atoms with Crippen molar-refractivity contribution in [1.29, 1.82) is 0 Å². The topological polar surface area (TPSA) is 87.7 Å². The highest BCUT2D eigenvalue weighted by Crippen LogP contribution is 2.37. The fourth-order valence-electron chi connectivity index (χ4n) is 3.14. The highest BCUT2D eigenvalue weighted by molar-refractivity contribution is 6.42. The Morgan fingerprint density at radius 3 is 2.24 bits per heavy atom. The molecule has 2 aromatic carbocycles. The van der Waals surface area contributed by atoms with Gasteiger partial charge >= 0.3 is 0 Å². The molecule has 2 heterocycles. The first-order chi connectivity index (χ1) is 11.9. The van der Waals surface area contributed by atoms with E-state index in [1.807, 2.05) is 0 Å². The Morgan fingerprint density at radius 1 is 1.00 bits per heavy atom. The molecule has 1 saturated heterocycles. The monoisotopic (exact) mass is 402 g/mol. The molecule has 0 amide bonds. The molecule has 132 valence electrons. The van der Waals surface area contributed by atoms with Gasteiger partial charge in [-0.15, -0.1) is 0 Å². The number of hydrogen-bond donors (Lipinski definition) is 3. The maximum absolute atomic E-state index is 10.3. The number of imidazole rings is 1. The minimum absolute atomic E-state index is 0.0948. The summed E-state index contributed by atoms with van der Waals surface area (Å²) in [5.74, 6) is 0. The van der Waals surface area contributed by atoms with E-state index in [0.29, 0.717) is 21.1 Å². The molecule has 1 unspecified atom stereocenters. The lowest BCUT2D eigenvalue weighted by Crippen LogP contribution is -2.33. The molecule has 0 aliphatic carbocycles. The highest BCUT2D eigenvalue weighted by Gasteiger charge is 2.44. The summed E-state index contributed by atoms with van der Waals surface area (Å²) in [6, 6.07) is 7.07. The lowest BCUT2D eigenvalue weighted by atomic mass is 10.1. The summed E-state index contributed by atoms with van der Waals surface area (Å²) in [5.41, 5.74) is 1.18. The van der Waals surface area contributed by atoms with Crippen molar-refractivity contribution >= 4 is 56.6 Å². The molecule has 1 aliphatic heterocycles. The molecule has 0 spiro atoms. The number of aliphatic hydroxyl groups excluding tert-OH is 3. The van der Waals surface area contributed by atoms with E-state index >= 15 is 0 Å². The minimum atomic E-state index is -1.25. The van der Waals surface area contributed by atoms with Crippen LogP contribution in [0.3, 0.4) is 0 Å². The van der Waals surface area contributed by atoms with Crippen molar-refractivity contribution in [3.05, 3.63) is 39.6 Å². The van der Waals surface area contributed by atoms with Crippen molar-refractivity contribution in [2.45, 2.75) is 24.5 Å². The maximum Gasteiger partial charge on any atom is 0.206 e. The normalized spacial score (nSPS) is 26.8. The number of halogens is 3. The van der Waals surface area contributed by atoms with Crippen molar-refractivity contribution in [3.8, 4) is 0 Å². The largest absolute Gasteiger partial charge is 0.394 e. The van der Waals surface area contributed by atoms with Crippen LogP contribution in [-0.2, 0) is 4.74 Å². The van der Waals surface area contributed by atoms with E-state index in [0.717, 1.165) is 10.8 Å². The molecule has 1 aromatic heterocycles. The molecule has 1 aliphatic rings. The van der Waals surface area contributed by atoms with Gasteiger partial charge in [0.15, 0.2) is 6.23 Å². The number of rotatable bonds is 2. The zero-order valence-electron chi connectivity index (χ0n) is 12.6. The molecule has 6 nitrogen and oxygen atoms in total. The molecule has 4 rings (SSSR count). The summed E-state index contributed by atoms with van der Waals surface area (Å²) in [6.07, 6.45) is -4.35. The number of ether oxygens (including phenoxy) is 1. The number of aliphatic hydroxyl groups is 3. The predicted molar refractivity (Wildman–Crippen MR) is 95.3 cm³/mol. The lowest BCUT2D eigenvalue weighted by Gasteiger charge is -2.18. The van der Waals surface area contributed by atoms with Gasteiger partial charge in [0, 0.05) is 0 Å². The van der Waals surface area contributed by atoms with Crippen molar-refractivity contribution < 1.29 is 20.1 Å². The van der Waals surface area contributed by atoms with E-state index in [1.165, 1.54) is 4.57 Å². The van der Waals surface area contributed by atoms with Gasteiger partial charge in [0.2, 0.25) is 5.28 Å². The SMILES string of the molecule is OC[C@H]1O[C@@H](n2c(Cl)nc3cc4cc(Cl)c(Cl)cc4cc32)C(O)[C@@H]1O. The second-order valence-corrected chi connectivity index (χ2v) is 7.09. The van der Waals surface area contributed by atoms with Gasteiger partial charge in [0.1, 0.15) is 18.3 Å². The zero-order chi connectivity index (χ0) is 17.9. The number of hydrogen-bond acceptors (Lipinski definition) is 5. The van der Waals surface area contributed by atoms with Crippen LogP contribution in [0.15, 0.2) is 24.3 Å². The van der Waals surface area contributed by atoms with Crippen LogP contribution < -0.4 is 0 Å². The molecule has 0 saturated carbocycles. The molecule has 9 heteroatoms. The maximum atomic E-state index is 10.3. The third-order valence-corrected chi connectivity index (χ3v) is 5.40. The summed E-state index contributed by atoms with van der Waals surface area (Å²) in [5, 5.41) is 32.1. The standard InChI is InChI=1S/C16H13Cl3N2O4/c17-8-1-6-3-10-11(4-7(6)2-9(8)18)21(16(19)20-10)15-14(24)13(23)12(5-22)25-15/h1-4,12-15,22-24H,5H2/t12-,13-,14?,15-/m1/s1. The van der Waals surface area contributed by atoms with Crippen LogP contribution in [0.4, 0.5) is 0 Å². The Balaban J connectivity index is 1.91. The van der Waals surface area contributed by atoms with Crippen LogP contribution >= 0.6 is 34.8 Å². The number of benzene rings is 2. The van der Waals surface area contributed by atoms with Gasteiger partial charge in [0.25, 0.3) is 0 Å². The van der Waals surface area contributed by atoms with Crippen LogP contribution in [-0.4, -0.2) is 49.8 Å². The Kier molecular flexibility index (Phi) is 4.32. The third kappa shape index (κ3) is 2.69. The molecular weight excluding hydrogens is 391 g/mol. The molecule has 4 atom stereocenters. The smallest absolute Gasteiger partial charge is 0.206 e. The predicted octanol–water partition coefficient (Wildman–Crippen LogP) is 2.76. The third-order valence-electron chi connectivity index (χ3n) is 4.42. The van der Waals surface area contributed by atoms with Crippen LogP contribution in [0.5, 0.6) is 0 Å². The van der Waals surface area contributed by atoms with Gasteiger partial charge in [-0.25, -0.2) is 4.98 Å². The van der Waals surface area contributed by atoms with Gasteiger partial charge in [-0.05, 0) is 46.6 Å². The molecule has 3 N–H and O–H groups in total. The van der Waals surface area contributed by atoms with Crippen molar-refractivity contribution in [2.75, 3.05) is 6.61 Å². The van der Waals surface area contributed by atoms with Gasteiger partial charge in [-0.2, -0.15) is 0 Å². The molecular formula is C16H13Cl3N2O4. The van der Waals surface area contributed by atoms with Crippen LogP contribution in [0.1, 0.15) is 6.23 Å². The fourth-order valence-corrected chi connectivity index (χ4v) is 3.76. The van der Waals surface area contributed by atoms with Gasteiger partial charge < -0.3 is 20.1 Å². The summed E-state index contributed by atoms with van der Waals surface area (Å²) < 4.78 is 7.05. The average Bonchev–Trinajstić information content (AvgIpc) is 3.03. The Bertz CT molecular complexity index is 977. The molecule has 1 fully saturated rings. The van der Waals surface area contributed by atoms with E-state index < -0.39 is 31.1 Å². The summed E-state index contributed by atoms with van der Waals surface area (Å²) in [7, 11) is 0. The van der Waals surface area contributed by atoms with Crippen LogP contribution in [0, 0.1) is 0 Å². The first-order valence-corrected chi connectivity index (χ1v) is 8.63. The van der Waals surface area contributed by atoms with Crippen molar-refractivity contribution in [1.82, 2.24) is 9.55 Å². The molecule has 0 bridgehead atoms. The van der Waals surface area contributed by atoms with Gasteiger partial charge in [-0.3, -0.25) is 4.57 Å². The van der Waals surface area contributed by atoms with Gasteiger partial charge in [-0.1, -0.05) is 23.2 Å². The molecule has 0 radical (unpaired) electrons. The average molecular weight is 404 g/mol. The van der Waals surface area contributed by atoms with E-state index in [9.17, 15) is 15.3 Å². The first-order valence-electron chi connectivity index (χ1n) is 7.49. The van der Waals surface area contributed by atoms with E-state index in [4.69, 9.17) is 39.5 Å². The second-order valence-electron chi connectivity index (χ2n) is 5.93. The zero-order valence-corrected chi connectivity index (χ0v) is 14.9. The fraction of sp³-hybridized carbons (Fsp3) is 0.312. The van der Waals surface area contributed by atoms with E-state index in [1.54, 1.807) is 24.3 Å². The first kappa shape index (κ1) is 17.3. The van der Waals surface area contributed by atoms with Crippen molar-refractivity contribution in [3.63, 3.8) is 0 Å². The summed E-state index contributed by atoms with van der Waals surface area (Å²) in [6.45, 7) is -0.421.